The van der Waals surface area contributed by atoms with Crippen LogP contribution in [0.25, 0.3) is 0 Å². The van der Waals surface area contributed by atoms with Crippen molar-refractivity contribution in [1.82, 2.24) is 10.2 Å². The van der Waals surface area contributed by atoms with E-state index < -0.39 is 0 Å². The topological polar surface area (TPSA) is 78.7 Å². The lowest BCUT2D eigenvalue weighted by Gasteiger charge is -2.32. The van der Waals surface area contributed by atoms with Gasteiger partial charge in [0.1, 0.15) is 5.69 Å². The van der Waals surface area contributed by atoms with Crippen molar-refractivity contribution in [2.75, 3.05) is 44.2 Å². The van der Waals surface area contributed by atoms with E-state index in [9.17, 15) is 14.9 Å². The first kappa shape index (κ1) is 20.6. The molecule has 0 bridgehead atoms. The number of anilines is 1. The minimum absolute atomic E-state index is 0.00912. The molecule has 1 amide bonds. The molecule has 2 saturated heterocycles. The Morgan fingerprint density at radius 1 is 1.14 bits per heavy atom. The standard InChI is InChI=1S/C21H32N4O3/c1-17-7-13-23(14-8-17)12-4-11-22-21(26)18-9-15-24(16-10-18)19-5-2-3-6-20(19)25(27)28/h2-3,5-6,17-18H,4,7-16H2,1H3,(H,22,26). The highest BCUT2D eigenvalue weighted by molar-refractivity contribution is 5.79. The van der Waals surface area contributed by atoms with Gasteiger partial charge in [-0.05, 0) is 63.7 Å². The number of hydrogen-bond donors (Lipinski definition) is 1. The zero-order valence-electron chi connectivity index (χ0n) is 16.8. The van der Waals surface area contributed by atoms with E-state index in [0.717, 1.165) is 38.3 Å². The number of carbonyl (C=O) groups excluding carboxylic acids is 1. The van der Waals surface area contributed by atoms with Crippen LogP contribution in [0.3, 0.4) is 0 Å². The normalized spacial score (nSPS) is 19.5. The van der Waals surface area contributed by atoms with Gasteiger partial charge in [-0.25, -0.2) is 0 Å². The molecule has 7 heteroatoms. The van der Waals surface area contributed by atoms with Gasteiger partial charge in [0, 0.05) is 31.6 Å². The maximum Gasteiger partial charge on any atom is 0.292 e. The molecule has 0 saturated carbocycles. The van der Waals surface area contributed by atoms with Gasteiger partial charge in [0.2, 0.25) is 5.91 Å². The summed E-state index contributed by atoms with van der Waals surface area (Å²) < 4.78 is 0. The summed E-state index contributed by atoms with van der Waals surface area (Å²) in [6.07, 6.45) is 5.04. The minimum Gasteiger partial charge on any atom is -0.366 e. The van der Waals surface area contributed by atoms with Gasteiger partial charge >= 0.3 is 0 Å². The summed E-state index contributed by atoms with van der Waals surface area (Å²) in [7, 11) is 0. The van der Waals surface area contributed by atoms with Gasteiger partial charge in [-0.15, -0.1) is 0 Å². The van der Waals surface area contributed by atoms with Crippen LogP contribution >= 0.6 is 0 Å². The van der Waals surface area contributed by atoms with Crippen molar-refractivity contribution in [3.8, 4) is 0 Å². The molecule has 0 radical (unpaired) electrons. The van der Waals surface area contributed by atoms with Gasteiger partial charge in [-0.3, -0.25) is 14.9 Å². The molecule has 2 aliphatic rings. The monoisotopic (exact) mass is 388 g/mol. The third kappa shape index (κ3) is 5.44. The van der Waals surface area contributed by atoms with Crippen molar-refractivity contribution in [3.05, 3.63) is 34.4 Å². The number of para-hydroxylation sites is 2. The van der Waals surface area contributed by atoms with Crippen LogP contribution in [0.15, 0.2) is 24.3 Å². The van der Waals surface area contributed by atoms with Crippen molar-refractivity contribution in [2.24, 2.45) is 11.8 Å². The second-order valence-electron chi connectivity index (χ2n) is 8.18. The number of nitrogens with zero attached hydrogens (tertiary/aromatic N) is 3. The van der Waals surface area contributed by atoms with Crippen LogP contribution in [-0.2, 0) is 4.79 Å². The summed E-state index contributed by atoms with van der Waals surface area (Å²) in [4.78, 5) is 27.9. The van der Waals surface area contributed by atoms with Crippen molar-refractivity contribution in [3.63, 3.8) is 0 Å². The molecule has 0 unspecified atom stereocenters. The zero-order valence-corrected chi connectivity index (χ0v) is 16.8. The Bertz CT molecular complexity index is 665. The number of carbonyl (C=O) groups is 1. The number of nitro groups is 1. The predicted octanol–water partition coefficient (Wildman–Crippen LogP) is 3.05. The number of nitrogens with one attached hydrogen (secondary N) is 1. The molecule has 1 N–H and O–H groups in total. The summed E-state index contributed by atoms with van der Waals surface area (Å²) in [6.45, 7) is 7.82. The van der Waals surface area contributed by atoms with Gasteiger partial charge in [0.15, 0.2) is 0 Å². The van der Waals surface area contributed by atoms with Crippen LogP contribution in [0.2, 0.25) is 0 Å². The van der Waals surface area contributed by atoms with Crippen LogP contribution in [0.4, 0.5) is 11.4 Å². The molecule has 154 valence electrons. The van der Waals surface area contributed by atoms with Crippen LogP contribution in [-0.4, -0.2) is 55.0 Å². The molecule has 2 fully saturated rings. The molecule has 0 atom stereocenters. The smallest absolute Gasteiger partial charge is 0.292 e. The number of hydrogen-bond acceptors (Lipinski definition) is 5. The Labute approximate surface area is 167 Å². The second-order valence-corrected chi connectivity index (χ2v) is 8.18. The molecule has 2 heterocycles. The predicted molar refractivity (Wildman–Crippen MR) is 110 cm³/mol. The Hall–Kier alpha value is -2.15. The summed E-state index contributed by atoms with van der Waals surface area (Å²) in [5.41, 5.74) is 0.791. The van der Waals surface area contributed by atoms with Crippen molar-refractivity contribution >= 4 is 17.3 Å². The van der Waals surface area contributed by atoms with Gasteiger partial charge < -0.3 is 15.1 Å². The van der Waals surface area contributed by atoms with Gasteiger partial charge in [-0.2, -0.15) is 0 Å². The Morgan fingerprint density at radius 2 is 1.82 bits per heavy atom. The summed E-state index contributed by atoms with van der Waals surface area (Å²) >= 11 is 0. The van der Waals surface area contributed by atoms with Gasteiger partial charge in [0.05, 0.1) is 4.92 Å². The van der Waals surface area contributed by atoms with E-state index >= 15 is 0 Å². The van der Waals surface area contributed by atoms with E-state index in [4.69, 9.17) is 0 Å². The number of amides is 1. The highest BCUT2D eigenvalue weighted by atomic mass is 16.6. The van der Waals surface area contributed by atoms with Crippen LogP contribution in [0, 0.1) is 22.0 Å². The van der Waals surface area contributed by atoms with Crippen LogP contribution in [0.1, 0.15) is 39.0 Å². The first-order valence-electron chi connectivity index (χ1n) is 10.5. The maximum atomic E-state index is 12.5. The van der Waals surface area contributed by atoms with E-state index in [0.29, 0.717) is 18.8 Å². The van der Waals surface area contributed by atoms with E-state index in [1.807, 2.05) is 11.0 Å². The number of nitro benzene ring substituents is 1. The molecule has 1 aromatic carbocycles. The SMILES string of the molecule is CC1CCN(CCCNC(=O)C2CCN(c3ccccc3[N+](=O)[O-])CC2)CC1. The lowest BCUT2D eigenvalue weighted by molar-refractivity contribution is -0.384. The summed E-state index contributed by atoms with van der Waals surface area (Å²) in [6, 6.07) is 6.84. The molecule has 0 aliphatic carbocycles. The second kappa shape index (κ2) is 9.87. The zero-order chi connectivity index (χ0) is 19.9. The fraction of sp³-hybridized carbons (Fsp3) is 0.667. The first-order chi connectivity index (χ1) is 13.5. The van der Waals surface area contributed by atoms with Crippen molar-refractivity contribution in [1.29, 1.82) is 0 Å². The average molecular weight is 389 g/mol. The minimum atomic E-state index is -0.336. The van der Waals surface area contributed by atoms with Crippen molar-refractivity contribution in [2.45, 2.75) is 39.0 Å². The third-order valence-corrected chi connectivity index (χ3v) is 6.11. The molecule has 2 aliphatic heterocycles. The fourth-order valence-corrected chi connectivity index (χ4v) is 4.21. The summed E-state index contributed by atoms with van der Waals surface area (Å²) in [5, 5.41) is 14.3. The molecular formula is C21H32N4O3. The summed E-state index contributed by atoms with van der Waals surface area (Å²) in [5.74, 6) is 0.989. The quantitative estimate of drug-likeness (QED) is 0.441. The van der Waals surface area contributed by atoms with Crippen LogP contribution < -0.4 is 10.2 Å². The number of benzene rings is 1. The lowest BCUT2D eigenvalue weighted by atomic mass is 9.95. The van der Waals surface area contributed by atoms with Crippen LogP contribution in [0.5, 0.6) is 0 Å². The highest BCUT2D eigenvalue weighted by Gasteiger charge is 2.27. The molecule has 0 aromatic heterocycles. The molecule has 1 aromatic rings. The fourth-order valence-electron chi connectivity index (χ4n) is 4.21. The molecule has 3 rings (SSSR count). The van der Waals surface area contributed by atoms with Crippen molar-refractivity contribution < 1.29 is 9.72 Å². The Kier molecular flexibility index (Phi) is 7.25. The van der Waals surface area contributed by atoms with E-state index in [1.54, 1.807) is 12.1 Å². The number of piperidine rings is 2. The Balaban J connectivity index is 1.38. The molecule has 0 spiro atoms. The Morgan fingerprint density at radius 3 is 2.50 bits per heavy atom. The highest BCUT2D eigenvalue weighted by Crippen LogP contribution is 2.31. The maximum absolute atomic E-state index is 12.5. The molecule has 28 heavy (non-hydrogen) atoms. The number of likely N-dealkylation sites (tertiary alicyclic amines) is 1. The third-order valence-electron chi connectivity index (χ3n) is 6.11. The van der Waals surface area contributed by atoms with Gasteiger partial charge in [-0.1, -0.05) is 19.1 Å². The first-order valence-corrected chi connectivity index (χ1v) is 10.5. The van der Waals surface area contributed by atoms with E-state index in [1.165, 1.54) is 32.0 Å². The largest absolute Gasteiger partial charge is 0.366 e. The average Bonchev–Trinajstić information content (AvgIpc) is 2.72. The van der Waals surface area contributed by atoms with Gasteiger partial charge in [0.25, 0.3) is 5.69 Å². The number of rotatable bonds is 7. The molecule has 7 nitrogen and oxygen atoms in total. The van der Waals surface area contributed by atoms with E-state index in [2.05, 4.69) is 17.1 Å². The lowest BCUT2D eigenvalue weighted by Crippen LogP contribution is -2.41. The van der Waals surface area contributed by atoms with E-state index in [-0.39, 0.29) is 22.4 Å². The molecular weight excluding hydrogens is 356 g/mol.